The number of aromatic nitrogens is 2. The standard InChI is InChI=1S/C30H43N5O6/c1-22(2)18-34(25-17-23(19-33(20-25)30(38)39)28(36)32-12-15-41-16-13-32)29(37)27-26(11-7-8-14-40-3)35(21-31-27)24-9-5-4-6-10-24/h4-6,9-10,21-23,25H,7-8,11-20H2,1-3H3,(H,38,39)/t23-,25+/m1/s1. The smallest absolute Gasteiger partial charge is 0.407 e. The molecule has 1 aromatic carbocycles. The summed E-state index contributed by atoms with van der Waals surface area (Å²) in [7, 11) is 1.68. The van der Waals surface area contributed by atoms with Crippen LogP contribution in [0.4, 0.5) is 4.79 Å². The van der Waals surface area contributed by atoms with Gasteiger partial charge in [-0.15, -0.1) is 0 Å². The number of rotatable bonds is 11. The average molecular weight is 570 g/mol. The van der Waals surface area contributed by atoms with Gasteiger partial charge in [0.05, 0.1) is 30.9 Å². The van der Waals surface area contributed by atoms with Crippen molar-refractivity contribution in [1.82, 2.24) is 24.3 Å². The summed E-state index contributed by atoms with van der Waals surface area (Å²) in [6, 6.07) is 9.35. The Hall–Kier alpha value is -3.44. The first-order valence-electron chi connectivity index (χ1n) is 14.6. The zero-order chi connectivity index (χ0) is 29.4. The zero-order valence-electron chi connectivity index (χ0n) is 24.4. The minimum absolute atomic E-state index is 0.0756. The van der Waals surface area contributed by atoms with E-state index in [0.717, 1.165) is 24.2 Å². The third kappa shape index (κ3) is 7.65. The summed E-state index contributed by atoms with van der Waals surface area (Å²) in [5, 5.41) is 9.95. The van der Waals surface area contributed by atoms with E-state index in [2.05, 4.69) is 4.98 Å². The number of methoxy groups -OCH3 is 1. The Morgan fingerprint density at radius 3 is 2.49 bits per heavy atom. The molecule has 1 N–H and O–H groups in total. The number of unbranched alkanes of at least 4 members (excludes halogenated alkanes) is 1. The lowest BCUT2D eigenvalue weighted by atomic mass is 9.91. The molecule has 2 aliphatic rings. The number of carboxylic acid groups (broad SMARTS) is 1. The molecule has 41 heavy (non-hydrogen) atoms. The number of piperidine rings is 1. The normalized spacial score (nSPS) is 19.4. The fraction of sp³-hybridized carbons (Fsp3) is 0.600. The van der Waals surface area contributed by atoms with Gasteiger partial charge in [0.25, 0.3) is 5.91 Å². The van der Waals surface area contributed by atoms with Crippen molar-refractivity contribution in [1.29, 1.82) is 0 Å². The third-order valence-corrected chi connectivity index (χ3v) is 7.75. The molecule has 0 radical (unpaired) electrons. The Balaban J connectivity index is 1.65. The molecule has 1 aromatic heterocycles. The van der Waals surface area contributed by atoms with E-state index in [1.807, 2.05) is 48.7 Å². The number of hydrogen-bond donors (Lipinski definition) is 1. The number of carbonyl (C=O) groups is 3. The second-order valence-corrected chi connectivity index (χ2v) is 11.3. The number of likely N-dealkylation sites (tertiary alicyclic amines) is 1. The summed E-state index contributed by atoms with van der Waals surface area (Å²) in [6.45, 7) is 7.33. The fourth-order valence-corrected chi connectivity index (χ4v) is 5.74. The summed E-state index contributed by atoms with van der Waals surface area (Å²) >= 11 is 0. The maximum Gasteiger partial charge on any atom is 0.407 e. The van der Waals surface area contributed by atoms with E-state index < -0.39 is 18.1 Å². The molecule has 2 fully saturated rings. The Morgan fingerprint density at radius 1 is 1.10 bits per heavy atom. The van der Waals surface area contributed by atoms with Gasteiger partial charge in [-0.05, 0) is 43.7 Å². The van der Waals surface area contributed by atoms with Crippen LogP contribution >= 0.6 is 0 Å². The highest BCUT2D eigenvalue weighted by atomic mass is 16.5. The van der Waals surface area contributed by atoms with E-state index >= 15 is 0 Å². The second-order valence-electron chi connectivity index (χ2n) is 11.3. The van der Waals surface area contributed by atoms with Crippen molar-refractivity contribution in [3.63, 3.8) is 0 Å². The largest absolute Gasteiger partial charge is 0.465 e. The van der Waals surface area contributed by atoms with Crippen molar-refractivity contribution in [3.8, 4) is 5.69 Å². The Morgan fingerprint density at radius 2 is 1.83 bits per heavy atom. The van der Waals surface area contributed by atoms with E-state index in [-0.39, 0.29) is 30.8 Å². The molecule has 11 nitrogen and oxygen atoms in total. The van der Waals surface area contributed by atoms with Crippen LogP contribution in [-0.2, 0) is 20.7 Å². The van der Waals surface area contributed by atoms with E-state index in [9.17, 15) is 19.5 Å². The Kier molecular flexibility index (Phi) is 10.8. The Bertz CT molecular complexity index is 1160. The maximum absolute atomic E-state index is 14.3. The number of hydrogen-bond acceptors (Lipinski definition) is 6. The summed E-state index contributed by atoms with van der Waals surface area (Å²) < 4.78 is 12.6. The van der Waals surface area contributed by atoms with Crippen LogP contribution in [0.3, 0.4) is 0 Å². The summed E-state index contributed by atoms with van der Waals surface area (Å²) in [4.78, 5) is 49.4. The third-order valence-electron chi connectivity index (χ3n) is 7.75. The van der Waals surface area contributed by atoms with Gasteiger partial charge in [0.15, 0.2) is 0 Å². The van der Waals surface area contributed by atoms with Crippen LogP contribution in [0, 0.1) is 11.8 Å². The first kappa shape index (κ1) is 30.5. The molecule has 224 valence electrons. The topological polar surface area (TPSA) is 117 Å². The van der Waals surface area contributed by atoms with Crippen molar-refractivity contribution >= 4 is 17.9 Å². The number of benzene rings is 1. The van der Waals surface area contributed by atoms with Crippen LogP contribution in [0.5, 0.6) is 0 Å². The lowest BCUT2D eigenvalue weighted by Gasteiger charge is -2.43. The molecule has 0 bridgehead atoms. The maximum atomic E-state index is 14.3. The molecular weight excluding hydrogens is 526 g/mol. The van der Waals surface area contributed by atoms with Gasteiger partial charge >= 0.3 is 6.09 Å². The minimum atomic E-state index is -1.08. The summed E-state index contributed by atoms with van der Waals surface area (Å²) in [6.07, 6.45) is 3.32. The van der Waals surface area contributed by atoms with Crippen LogP contribution in [0.15, 0.2) is 36.7 Å². The Labute approximate surface area is 242 Å². The second kappa shape index (κ2) is 14.5. The molecule has 3 heterocycles. The molecular formula is C30H43N5O6. The van der Waals surface area contributed by atoms with Gasteiger partial charge in [-0.25, -0.2) is 9.78 Å². The van der Waals surface area contributed by atoms with Gasteiger partial charge in [-0.2, -0.15) is 0 Å². The molecule has 2 aliphatic heterocycles. The molecule has 3 amide bonds. The zero-order valence-corrected chi connectivity index (χ0v) is 24.4. The molecule has 11 heteroatoms. The minimum Gasteiger partial charge on any atom is -0.465 e. The van der Waals surface area contributed by atoms with Gasteiger partial charge < -0.3 is 33.8 Å². The number of carbonyl (C=O) groups excluding carboxylic acids is 2. The fourth-order valence-electron chi connectivity index (χ4n) is 5.74. The van der Waals surface area contributed by atoms with Crippen LogP contribution in [0.2, 0.25) is 0 Å². The van der Waals surface area contributed by atoms with Crippen molar-refractivity contribution < 1.29 is 29.0 Å². The van der Waals surface area contributed by atoms with Crippen molar-refractivity contribution in [2.24, 2.45) is 11.8 Å². The quantitative estimate of drug-likeness (QED) is 0.413. The number of nitrogens with zero attached hydrogens (tertiary/aromatic N) is 5. The molecule has 2 aromatic rings. The SMILES string of the molecule is COCCCCc1c(C(=O)N(CC(C)C)[C@H]2C[C@@H](C(=O)N3CCOCC3)CN(C(=O)O)C2)ncn1-c1ccccc1. The van der Waals surface area contributed by atoms with Crippen molar-refractivity contribution in [2.75, 3.05) is 59.7 Å². The van der Waals surface area contributed by atoms with Gasteiger partial charge in [-0.1, -0.05) is 32.0 Å². The highest BCUT2D eigenvalue weighted by molar-refractivity contribution is 5.94. The van der Waals surface area contributed by atoms with E-state index in [0.29, 0.717) is 58.0 Å². The van der Waals surface area contributed by atoms with Crippen LogP contribution in [0.1, 0.15) is 49.3 Å². The first-order valence-corrected chi connectivity index (χ1v) is 14.6. The molecule has 0 spiro atoms. The lowest BCUT2D eigenvalue weighted by molar-refractivity contribution is -0.142. The highest BCUT2D eigenvalue weighted by Gasteiger charge is 2.40. The molecule has 2 atom stereocenters. The molecule has 0 aliphatic carbocycles. The summed E-state index contributed by atoms with van der Waals surface area (Å²) in [5.41, 5.74) is 2.11. The highest BCUT2D eigenvalue weighted by Crippen LogP contribution is 2.27. The first-order chi connectivity index (χ1) is 19.8. The lowest BCUT2D eigenvalue weighted by Crippen LogP contribution is -2.58. The van der Waals surface area contributed by atoms with Gasteiger partial charge in [0.1, 0.15) is 12.0 Å². The van der Waals surface area contributed by atoms with Crippen molar-refractivity contribution in [3.05, 3.63) is 48.0 Å². The number of imidazole rings is 1. The molecule has 0 unspecified atom stereocenters. The van der Waals surface area contributed by atoms with Gasteiger partial charge in [-0.3, -0.25) is 9.59 Å². The van der Waals surface area contributed by atoms with E-state index in [1.165, 1.54) is 4.90 Å². The van der Waals surface area contributed by atoms with E-state index in [1.54, 1.807) is 23.2 Å². The van der Waals surface area contributed by atoms with E-state index in [4.69, 9.17) is 9.47 Å². The monoisotopic (exact) mass is 569 g/mol. The van der Waals surface area contributed by atoms with Crippen LogP contribution < -0.4 is 0 Å². The number of amides is 3. The molecule has 2 saturated heterocycles. The van der Waals surface area contributed by atoms with Crippen molar-refractivity contribution in [2.45, 2.75) is 45.6 Å². The predicted molar refractivity (Wildman–Crippen MR) is 153 cm³/mol. The van der Waals surface area contributed by atoms with Gasteiger partial charge in [0, 0.05) is 52.1 Å². The molecule has 4 rings (SSSR count). The number of para-hydroxylation sites is 1. The number of morpholine rings is 1. The van der Waals surface area contributed by atoms with Gasteiger partial charge in [0.2, 0.25) is 5.91 Å². The molecule has 0 saturated carbocycles. The average Bonchev–Trinajstić information content (AvgIpc) is 3.41. The van der Waals surface area contributed by atoms with Crippen LogP contribution in [-0.4, -0.2) is 113 Å². The summed E-state index contributed by atoms with van der Waals surface area (Å²) in [5.74, 6) is -0.701. The predicted octanol–water partition coefficient (Wildman–Crippen LogP) is 3.17. The number of ether oxygens (including phenoxy) is 2. The van der Waals surface area contributed by atoms with Crippen LogP contribution in [0.25, 0.3) is 5.69 Å².